The van der Waals surface area contributed by atoms with Crippen LogP contribution in [0.5, 0.6) is 0 Å². The van der Waals surface area contributed by atoms with Gasteiger partial charge in [-0.05, 0) is 56.6 Å². The molecule has 3 aliphatic rings. The quantitative estimate of drug-likeness (QED) is 0.728. The van der Waals surface area contributed by atoms with E-state index in [0.29, 0.717) is 5.78 Å². The van der Waals surface area contributed by atoms with Gasteiger partial charge >= 0.3 is 0 Å². The molecule has 2 heteroatoms. The van der Waals surface area contributed by atoms with Crippen LogP contribution in [-0.4, -0.2) is 5.78 Å². The number of halogens is 1. The van der Waals surface area contributed by atoms with Crippen LogP contribution in [0.15, 0.2) is 28.7 Å². The molecule has 0 heterocycles. The van der Waals surface area contributed by atoms with Crippen molar-refractivity contribution in [2.75, 3.05) is 0 Å². The summed E-state index contributed by atoms with van der Waals surface area (Å²) in [5.41, 5.74) is 0.885. The van der Waals surface area contributed by atoms with Gasteiger partial charge < -0.3 is 0 Å². The highest BCUT2D eigenvalue weighted by Crippen LogP contribution is 2.51. The zero-order valence-electron chi connectivity index (χ0n) is 9.92. The zero-order chi connectivity index (χ0) is 11.9. The molecular formula is C15H17BrO. The smallest absolute Gasteiger partial charge is 0.168 e. The summed E-state index contributed by atoms with van der Waals surface area (Å²) in [4.78, 5) is 12.7. The molecule has 0 N–H and O–H groups in total. The molecule has 17 heavy (non-hydrogen) atoms. The van der Waals surface area contributed by atoms with Gasteiger partial charge in [0.05, 0.1) is 0 Å². The van der Waals surface area contributed by atoms with E-state index in [-0.39, 0.29) is 5.41 Å². The fourth-order valence-electron chi connectivity index (χ4n) is 3.50. The number of carbonyl (C=O) groups is 1. The molecule has 0 unspecified atom stereocenters. The number of hydrogen-bond acceptors (Lipinski definition) is 1. The fourth-order valence-corrected chi connectivity index (χ4v) is 3.76. The van der Waals surface area contributed by atoms with Gasteiger partial charge in [0, 0.05) is 15.5 Å². The summed E-state index contributed by atoms with van der Waals surface area (Å²) >= 11 is 3.42. The van der Waals surface area contributed by atoms with Gasteiger partial charge in [0.15, 0.2) is 5.78 Å². The molecule has 1 aromatic carbocycles. The van der Waals surface area contributed by atoms with Crippen LogP contribution >= 0.6 is 15.9 Å². The van der Waals surface area contributed by atoms with Gasteiger partial charge in [-0.3, -0.25) is 4.79 Å². The number of carbonyl (C=O) groups excluding carboxylic acids is 1. The van der Waals surface area contributed by atoms with Crippen molar-refractivity contribution < 1.29 is 4.79 Å². The van der Waals surface area contributed by atoms with E-state index in [4.69, 9.17) is 0 Å². The highest BCUT2D eigenvalue weighted by molar-refractivity contribution is 9.10. The Hall–Kier alpha value is -0.630. The van der Waals surface area contributed by atoms with E-state index in [1.807, 2.05) is 24.3 Å². The van der Waals surface area contributed by atoms with Crippen LogP contribution in [0.3, 0.4) is 0 Å². The molecule has 0 atom stereocenters. The van der Waals surface area contributed by atoms with E-state index in [1.54, 1.807) is 0 Å². The number of rotatable bonds is 2. The summed E-state index contributed by atoms with van der Waals surface area (Å²) in [5.74, 6) is 1.30. The van der Waals surface area contributed by atoms with Crippen LogP contribution in [0.2, 0.25) is 0 Å². The normalized spacial score (nSPS) is 31.5. The summed E-state index contributed by atoms with van der Waals surface area (Å²) in [6, 6.07) is 7.86. The van der Waals surface area contributed by atoms with Crippen molar-refractivity contribution in [2.45, 2.75) is 38.5 Å². The van der Waals surface area contributed by atoms with Crippen LogP contribution in [-0.2, 0) is 0 Å². The first-order chi connectivity index (χ1) is 8.20. The maximum atomic E-state index is 12.7. The van der Waals surface area contributed by atoms with Crippen LogP contribution in [0, 0.1) is 11.3 Å². The first kappa shape index (κ1) is 11.5. The molecular weight excluding hydrogens is 276 g/mol. The second kappa shape index (κ2) is 4.24. The molecule has 4 rings (SSSR count). The van der Waals surface area contributed by atoms with Crippen molar-refractivity contribution >= 4 is 21.7 Å². The summed E-state index contributed by atoms with van der Waals surface area (Å²) in [5, 5.41) is 0. The SMILES string of the molecule is O=C(c1ccc(Br)cc1)C12CCC(CC1)CC2. The Balaban J connectivity index is 1.88. The second-order valence-corrected chi connectivity index (χ2v) is 6.51. The molecule has 0 amide bonds. The third kappa shape index (κ3) is 1.97. The lowest BCUT2D eigenvalue weighted by Crippen LogP contribution is -2.40. The molecule has 3 saturated carbocycles. The standard InChI is InChI=1S/C15H17BrO/c16-13-3-1-12(2-4-13)14(17)15-8-5-11(6-9-15)7-10-15/h1-4,11H,5-10H2. The summed E-state index contributed by atoms with van der Waals surface area (Å²) in [6.07, 6.45) is 7.15. The van der Waals surface area contributed by atoms with Crippen molar-refractivity contribution in [3.63, 3.8) is 0 Å². The first-order valence-electron chi connectivity index (χ1n) is 6.50. The molecule has 3 fully saturated rings. The van der Waals surface area contributed by atoms with Gasteiger partial charge in [0.25, 0.3) is 0 Å². The third-order valence-electron chi connectivity index (χ3n) is 4.68. The lowest BCUT2D eigenvalue weighted by molar-refractivity contribution is 0.0442. The lowest BCUT2D eigenvalue weighted by Gasteiger charge is -2.45. The van der Waals surface area contributed by atoms with Gasteiger partial charge in [0.1, 0.15) is 0 Å². The Kier molecular flexibility index (Phi) is 2.86. The number of benzene rings is 1. The number of hydrogen-bond donors (Lipinski definition) is 0. The van der Waals surface area contributed by atoms with E-state index < -0.39 is 0 Å². The Morgan fingerprint density at radius 3 is 2.12 bits per heavy atom. The average Bonchev–Trinajstić information content (AvgIpc) is 2.41. The molecule has 0 aromatic heterocycles. The lowest BCUT2D eigenvalue weighted by atomic mass is 9.58. The topological polar surface area (TPSA) is 17.1 Å². The van der Waals surface area contributed by atoms with Gasteiger partial charge in [-0.1, -0.05) is 28.1 Å². The van der Waals surface area contributed by atoms with E-state index in [9.17, 15) is 4.79 Å². The molecule has 0 spiro atoms. The number of Topliss-reactive ketones (excluding diaryl/α,β-unsaturated/α-hetero) is 1. The Bertz CT molecular complexity index is 413. The first-order valence-corrected chi connectivity index (χ1v) is 7.29. The summed E-state index contributed by atoms with van der Waals surface area (Å²) in [6.45, 7) is 0. The van der Waals surface area contributed by atoms with Gasteiger partial charge in [-0.15, -0.1) is 0 Å². The molecule has 3 aliphatic carbocycles. The zero-order valence-corrected chi connectivity index (χ0v) is 11.5. The van der Waals surface area contributed by atoms with E-state index in [0.717, 1.165) is 35.2 Å². The molecule has 1 nitrogen and oxygen atoms in total. The van der Waals surface area contributed by atoms with Gasteiger partial charge in [-0.2, -0.15) is 0 Å². The fraction of sp³-hybridized carbons (Fsp3) is 0.533. The third-order valence-corrected chi connectivity index (χ3v) is 5.21. The highest BCUT2D eigenvalue weighted by Gasteiger charge is 2.45. The second-order valence-electron chi connectivity index (χ2n) is 5.60. The minimum absolute atomic E-state index is 0.0113. The van der Waals surface area contributed by atoms with E-state index in [2.05, 4.69) is 15.9 Å². The van der Waals surface area contributed by atoms with Crippen molar-refractivity contribution in [2.24, 2.45) is 11.3 Å². The Labute approximate surface area is 111 Å². The highest BCUT2D eigenvalue weighted by atomic mass is 79.9. The van der Waals surface area contributed by atoms with E-state index in [1.165, 1.54) is 19.3 Å². The van der Waals surface area contributed by atoms with Crippen molar-refractivity contribution in [1.29, 1.82) is 0 Å². The summed E-state index contributed by atoms with van der Waals surface area (Å²) < 4.78 is 1.04. The predicted molar refractivity (Wildman–Crippen MR) is 72.1 cm³/mol. The van der Waals surface area contributed by atoms with Crippen molar-refractivity contribution in [3.05, 3.63) is 34.3 Å². The number of fused-ring (bicyclic) bond motifs is 3. The molecule has 0 aliphatic heterocycles. The maximum Gasteiger partial charge on any atom is 0.168 e. The Morgan fingerprint density at radius 1 is 1.06 bits per heavy atom. The molecule has 0 saturated heterocycles. The van der Waals surface area contributed by atoms with Gasteiger partial charge in [-0.25, -0.2) is 0 Å². The molecule has 1 aromatic rings. The average molecular weight is 293 g/mol. The molecule has 90 valence electrons. The van der Waals surface area contributed by atoms with Crippen molar-refractivity contribution in [3.8, 4) is 0 Å². The van der Waals surface area contributed by atoms with Crippen LogP contribution in [0.25, 0.3) is 0 Å². The predicted octanol–water partition coefficient (Wildman–Crippen LogP) is 4.60. The monoisotopic (exact) mass is 292 g/mol. The van der Waals surface area contributed by atoms with Crippen LogP contribution in [0.4, 0.5) is 0 Å². The van der Waals surface area contributed by atoms with Crippen LogP contribution in [0.1, 0.15) is 48.9 Å². The summed E-state index contributed by atoms with van der Waals surface area (Å²) in [7, 11) is 0. The van der Waals surface area contributed by atoms with Crippen LogP contribution < -0.4 is 0 Å². The van der Waals surface area contributed by atoms with E-state index >= 15 is 0 Å². The molecule has 0 radical (unpaired) electrons. The minimum Gasteiger partial charge on any atom is -0.294 e. The molecule has 2 bridgehead atoms. The van der Waals surface area contributed by atoms with Gasteiger partial charge in [0.2, 0.25) is 0 Å². The van der Waals surface area contributed by atoms with Crippen molar-refractivity contribution in [1.82, 2.24) is 0 Å². The Morgan fingerprint density at radius 2 is 1.59 bits per heavy atom. The largest absolute Gasteiger partial charge is 0.294 e. The maximum absolute atomic E-state index is 12.7. The number of ketones is 1. The minimum atomic E-state index is -0.0113.